The topological polar surface area (TPSA) is 38.3 Å². The number of carbonyl (C=O) groups is 1. The summed E-state index contributed by atoms with van der Waals surface area (Å²) in [6.45, 7) is 2.86. The van der Waals surface area contributed by atoms with E-state index in [0.717, 1.165) is 31.4 Å². The number of nitrogens with one attached hydrogen (secondary N) is 1. The van der Waals surface area contributed by atoms with Crippen LogP contribution in [0.25, 0.3) is 0 Å². The molecule has 0 saturated heterocycles. The molecular formula is C21H27NO2. The Morgan fingerprint density at radius 1 is 1.04 bits per heavy atom. The Bertz CT molecular complexity index is 598. The van der Waals surface area contributed by atoms with Gasteiger partial charge < -0.3 is 10.1 Å². The van der Waals surface area contributed by atoms with E-state index in [-0.39, 0.29) is 17.9 Å². The van der Waals surface area contributed by atoms with Crippen LogP contribution in [-0.2, 0) is 16.1 Å². The number of esters is 1. The lowest BCUT2D eigenvalue weighted by molar-refractivity contribution is -0.147. The van der Waals surface area contributed by atoms with Gasteiger partial charge in [-0.15, -0.1) is 0 Å². The first-order valence-corrected chi connectivity index (χ1v) is 8.66. The molecule has 0 spiro atoms. The Morgan fingerprint density at radius 3 is 2.25 bits per heavy atom. The maximum atomic E-state index is 12.4. The molecule has 1 N–H and O–H groups in total. The molecule has 0 bridgehead atoms. The molecule has 0 saturated carbocycles. The number of unbranched alkanes of at least 4 members (excludes halogenated alkanes) is 1. The summed E-state index contributed by atoms with van der Waals surface area (Å²) in [5, 5.41) is 3.58. The molecule has 0 aliphatic carbocycles. The second kappa shape index (κ2) is 9.89. The van der Waals surface area contributed by atoms with Gasteiger partial charge in [-0.1, -0.05) is 80.4 Å². The van der Waals surface area contributed by atoms with Crippen molar-refractivity contribution in [1.29, 1.82) is 0 Å². The molecule has 3 nitrogen and oxygen atoms in total. The highest BCUT2D eigenvalue weighted by molar-refractivity contribution is 5.73. The molecule has 0 fully saturated rings. The molecule has 0 aliphatic rings. The van der Waals surface area contributed by atoms with E-state index in [0.29, 0.717) is 0 Å². The summed E-state index contributed by atoms with van der Waals surface area (Å²) in [6.07, 6.45) is 2.90. The molecule has 3 heteroatoms. The molecule has 2 rings (SSSR count). The summed E-state index contributed by atoms with van der Waals surface area (Å²) >= 11 is 0. The molecule has 0 aliphatic heterocycles. The van der Waals surface area contributed by atoms with E-state index in [4.69, 9.17) is 4.74 Å². The Labute approximate surface area is 145 Å². The highest BCUT2D eigenvalue weighted by Crippen LogP contribution is 2.28. The van der Waals surface area contributed by atoms with Crippen LogP contribution in [0.5, 0.6) is 0 Å². The zero-order chi connectivity index (χ0) is 17.2. The smallest absolute Gasteiger partial charge is 0.310 e. The van der Waals surface area contributed by atoms with Gasteiger partial charge in [-0.25, -0.2) is 0 Å². The minimum atomic E-state index is -0.180. The average molecular weight is 325 g/mol. The van der Waals surface area contributed by atoms with E-state index >= 15 is 0 Å². The Balaban J connectivity index is 2.21. The van der Waals surface area contributed by atoms with Crippen LogP contribution in [0.2, 0.25) is 0 Å². The first kappa shape index (κ1) is 18.2. The predicted octanol–water partition coefficient (Wildman–Crippen LogP) is 4.50. The van der Waals surface area contributed by atoms with Gasteiger partial charge >= 0.3 is 5.97 Å². The van der Waals surface area contributed by atoms with Crippen LogP contribution >= 0.6 is 0 Å². The van der Waals surface area contributed by atoms with Gasteiger partial charge in [0.1, 0.15) is 0 Å². The lowest BCUT2D eigenvalue weighted by Gasteiger charge is -2.27. The number of benzene rings is 2. The molecule has 128 valence electrons. The summed E-state index contributed by atoms with van der Waals surface area (Å²) in [5.41, 5.74) is 2.33. The van der Waals surface area contributed by atoms with Crippen LogP contribution in [0.3, 0.4) is 0 Å². The molecule has 0 amide bonds. The van der Waals surface area contributed by atoms with Crippen LogP contribution in [0.15, 0.2) is 60.7 Å². The molecule has 0 unspecified atom stereocenters. The molecule has 2 atom stereocenters. The van der Waals surface area contributed by atoms with Crippen molar-refractivity contribution < 1.29 is 9.53 Å². The fraction of sp³-hybridized carbons (Fsp3) is 0.381. The van der Waals surface area contributed by atoms with Crippen molar-refractivity contribution in [2.45, 2.75) is 38.8 Å². The maximum absolute atomic E-state index is 12.4. The largest absolute Gasteiger partial charge is 0.469 e. The van der Waals surface area contributed by atoms with Crippen molar-refractivity contribution in [1.82, 2.24) is 5.32 Å². The third kappa shape index (κ3) is 5.20. The summed E-state index contributed by atoms with van der Waals surface area (Å²) in [4.78, 5) is 12.4. The zero-order valence-electron chi connectivity index (χ0n) is 14.6. The predicted molar refractivity (Wildman–Crippen MR) is 97.5 cm³/mol. The molecule has 24 heavy (non-hydrogen) atoms. The van der Waals surface area contributed by atoms with Gasteiger partial charge in [-0.3, -0.25) is 4.79 Å². The second-order valence-corrected chi connectivity index (χ2v) is 6.03. The number of carbonyl (C=O) groups excluding carboxylic acids is 1. The van der Waals surface area contributed by atoms with Gasteiger partial charge in [0.15, 0.2) is 0 Å². The highest BCUT2D eigenvalue weighted by atomic mass is 16.5. The van der Waals surface area contributed by atoms with E-state index in [9.17, 15) is 4.79 Å². The van der Waals surface area contributed by atoms with Crippen LogP contribution in [0.4, 0.5) is 0 Å². The highest BCUT2D eigenvalue weighted by Gasteiger charge is 2.29. The van der Waals surface area contributed by atoms with Gasteiger partial charge in [0.25, 0.3) is 0 Å². The van der Waals surface area contributed by atoms with Crippen molar-refractivity contribution in [2.75, 3.05) is 7.11 Å². The van der Waals surface area contributed by atoms with Crippen molar-refractivity contribution in [3.63, 3.8) is 0 Å². The van der Waals surface area contributed by atoms with Gasteiger partial charge in [0.2, 0.25) is 0 Å². The van der Waals surface area contributed by atoms with Gasteiger partial charge in [0, 0.05) is 12.6 Å². The standard InChI is InChI=1S/C21H27NO2/c1-3-4-15-19(21(23)24-2)20(18-13-9-6-10-14-18)22-16-17-11-7-5-8-12-17/h5-14,19-20,22H,3-4,15-16H2,1-2H3/t19-,20-/m1/s1. The molecular weight excluding hydrogens is 298 g/mol. The summed E-state index contributed by atoms with van der Waals surface area (Å²) < 4.78 is 5.08. The normalized spacial score (nSPS) is 13.2. The maximum Gasteiger partial charge on any atom is 0.310 e. The SMILES string of the molecule is CCCC[C@@H](C(=O)OC)[C@H](NCc1ccccc1)c1ccccc1. The lowest BCUT2D eigenvalue weighted by Crippen LogP contribution is -2.33. The van der Waals surface area contributed by atoms with E-state index in [1.165, 1.54) is 12.7 Å². The van der Waals surface area contributed by atoms with Crippen LogP contribution in [0.1, 0.15) is 43.4 Å². The number of hydrogen-bond acceptors (Lipinski definition) is 3. The van der Waals surface area contributed by atoms with Crippen LogP contribution in [0, 0.1) is 5.92 Å². The first-order chi connectivity index (χ1) is 11.8. The zero-order valence-corrected chi connectivity index (χ0v) is 14.6. The molecule has 0 radical (unpaired) electrons. The molecule has 0 aromatic heterocycles. The molecule has 0 heterocycles. The minimum Gasteiger partial charge on any atom is -0.469 e. The second-order valence-electron chi connectivity index (χ2n) is 6.03. The Morgan fingerprint density at radius 2 is 1.67 bits per heavy atom. The van der Waals surface area contributed by atoms with Crippen LogP contribution < -0.4 is 5.32 Å². The average Bonchev–Trinajstić information content (AvgIpc) is 2.65. The van der Waals surface area contributed by atoms with Gasteiger partial charge in [-0.05, 0) is 17.5 Å². The Kier molecular flexibility index (Phi) is 7.50. The fourth-order valence-electron chi connectivity index (χ4n) is 2.97. The fourth-order valence-corrected chi connectivity index (χ4v) is 2.97. The number of ether oxygens (including phenoxy) is 1. The van der Waals surface area contributed by atoms with Gasteiger partial charge in [-0.2, -0.15) is 0 Å². The number of methoxy groups -OCH3 is 1. The molecule has 2 aromatic carbocycles. The summed E-state index contributed by atoms with van der Waals surface area (Å²) in [6, 6.07) is 20.4. The van der Waals surface area contributed by atoms with Crippen molar-refractivity contribution in [2.24, 2.45) is 5.92 Å². The number of hydrogen-bond donors (Lipinski definition) is 1. The Hall–Kier alpha value is -2.13. The van der Waals surface area contributed by atoms with E-state index in [2.05, 4.69) is 36.5 Å². The quantitative estimate of drug-likeness (QED) is 0.690. The lowest BCUT2D eigenvalue weighted by atomic mass is 9.88. The third-order valence-corrected chi connectivity index (χ3v) is 4.30. The first-order valence-electron chi connectivity index (χ1n) is 8.66. The number of rotatable bonds is 9. The van der Waals surface area contributed by atoms with Crippen molar-refractivity contribution in [3.05, 3.63) is 71.8 Å². The third-order valence-electron chi connectivity index (χ3n) is 4.30. The van der Waals surface area contributed by atoms with Crippen LogP contribution in [-0.4, -0.2) is 13.1 Å². The molecule has 2 aromatic rings. The van der Waals surface area contributed by atoms with E-state index in [1.54, 1.807) is 0 Å². The van der Waals surface area contributed by atoms with Gasteiger partial charge in [0.05, 0.1) is 13.0 Å². The summed E-state index contributed by atoms with van der Waals surface area (Å²) in [7, 11) is 1.47. The van der Waals surface area contributed by atoms with E-state index in [1.807, 2.05) is 36.4 Å². The van der Waals surface area contributed by atoms with Crippen molar-refractivity contribution in [3.8, 4) is 0 Å². The summed E-state index contributed by atoms with van der Waals surface area (Å²) in [5.74, 6) is -0.320. The minimum absolute atomic E-state index is 0.0505. The van der Waals surface area contributed by atoms with E-state index < -0.39 is 0 Å². The van der Waals surface area contributed by atoms with Crippen molar-refractivity contribution >= 4 is 5.97 Å². The monoisotopic (exact) mass is 325 g/mol.